The van der Waals surface area contributed by atoms with Crippen molar-refractivity contribution in [2.24, 2.45) is 0 Å². The molecule has 2 aromatic rings. The molecule has 3 rings (SSSR count). The van der Waals surface area contributed by atoms with Gasteiger partial charge in [-0.1, -0.05) is 0 Å². The Balaban J connectivity index is 1.85. The number of nitrogens with zero attached hydrogens (tertiary/aromatic N) is 1. The molecule has 6 nitrogen and oxygen atoms in total. The Kier molecular flexibility index (Phi) is 2.63. The molecule has 1 aliphatic rings. The van der Waals surface area contributed by atoms with Gasteiger partial charge in [-0.2, -0.15) is 5.10 Å². The van der Waals surface area contributed by atoms with Gasteiger partial charge in [0.15, 0.2) is 11.5 Å². The Morgan fingerprint density at radius 1 is 1.32 bits per heavy atom. The van der Waals surface area contributed by atoms with E-state index in [1.807, 2.05) is 13.8 Å². The van der Waals surface area contributed by atoms with E-state index < -0.39 is 0 Å². The molecule has 1 aliphatic heterocycles. The zero-order valence-corrected chi connectivity index (χ0v) is 10.6. The summed E-state index contributed by atoms with van der Waals surface area (Å²) in [6, 6.07) is 5.10. The largest absolute Gasteiger partial charge is 0.454 e. The van der Waals surface area contributed by atoms with Gasteiger partial charge in [0, 0.05) is 5.56 Å². The van der Waals surface area contributed by atoms with Gasteiger partial charge in [0.1, 0.15) is 0 Å². The van der Waals surface area contributed by atoms with Crippen LogP contribution in [0.1, 0.15) is 21.7 Å². The van der Waals surface area contributed by atoms with Crippen molar-refractivity contribution < 1.29 is 14.3 Å². The number of carbonyl (C=O) groups excluding carboxylic acids is 1. The van der Waals surface area contributed by atoms with E-state index in [4.69, 9.17) is 9.47 Å². The molecule has 98 valence electrons. The second kappa shape index (κ2) is 4.31. The lowest BCUT2D eigenvalue weighted by molar-refractivity contribution is 0.102. The predicted molar refractivity (Wildman–Crippen MR) is 68.6 cm³/mol. The number of carbonyl (C=O) groups is 1. The highest BCUT2D eigenvalue weighted by molar-refractivity contribution is 6.05. The molecule has 0 saturated heterocycles. The minimum atomic E-state index is -0.203. The monoisotopic (exact) mass is 259 g/mol. The van der Waals surface area contributed by atoms with E-state index in [9.17, 15) is 4.79 Å². The standard InChI is InChI=1S/C13H13N3O3/c1-7-12(8(2)16-15-7)14-13(17)9-3-4-10-11(5-9)19-6-18-10/h3-5H,6H2,1-2H3,(H,14,17)(H,15,16). The lowest BCUT2D eigenvalue weighted by Gasteiger charge is -2.06. The summed E-state index contributed by atoms with van der Waals surface area (Å²) in [5, 5.41) is 9.70. The molecule has 0 radical (unpaired) electrons. The van der Waals surface area contributed by atoms with Crippen molar-refractivity contribution in [3.05, 3.63) is 35.2 Å². The van der Waals surface area contributed by atoms with Gasteiger partial charge in [-0.15, -0.1) is 0 Å². The van der Waals surface area contributed by atoms with Crippen molar-refractivity contribution in [3.8, 4) is 11.5 Å². The first-order valence-electron chi connectivity index (χ1n) is 5.87. The van der Waals surface area contributed by atoms with E-state index in [2.05, 4.69) is 15.5 Å². The third kappa shape index (κ3) is 2.01. The van der Waals surface area contributed by atoms with Crippen LogP contribution in [-0.4, -0.2) is 22.9 Å². The molecule has 2 heterocycles. The number of aromatic nitrogens is 2. The number of nitrogens with one attached hydrogen (secondary N) is 2. The molecular formula is C13H13N3O3. The molecule has 1 aromatic heterocycles. The van der Waals surface area contributed by atoms with Crippen LogP contribution in [0.15, 0.2) is 18.2 Å². The molecule has 0 aliphatic carbocycles. The van der Waals surface area contributed by atoms with Gasteiger partial charge in [0.25, 0.3) is 5.91 Å². The van der Waals surface area contributed by atoms with Crippen LogP contribution in [0.3, 0.4) is 0 Å². The number of aromatic amines is 1. The van der Waals surface area contributed by atoms with Crippen molar-refractivity contribution in [1.29, 1.82) is 0 Å². The Hall–Kier alpha value is -2.50. The zero-order valence-electron chi connectivity index (χ0n) is 10.6. The number of amides is 1. The van der Waals surface area contributed by atoms with E-state index >= 15 is 0 Å². The highest BCUT2D eigenvalue weighted by Crippen LogP contribution is 2.32. The number of H-pyrrole nitrogens is 1. The number of hydrogen-bond donors (Lipinski definition) is 2. The van der Waals surface area contributed by atoms with Crippen LogP contribution in [-0.2, 0) is 0 Å². The second-order valence-electron chi connectivity index (χ2n) is 4.33. The number of hydrogen-bond acceptors (Lipinski definition) is 4. The fourth-order valence-corrected chi connectivity index (χ4v) is 1.96. The van der Waals surface area contributed by atoms with Gasteiger partial charge in [0.05, 0.1) is 17.1 Å². The molecule has 2 N–H and O–H groups in total. The zero-order chi connectivity index (χ0) is 13.4. The summed E-state index contributed by atoms with van der Waals surface area (Å²) in [6.45, 7) is 3.88. The molecule has 0 fully saturated rings. The lowest BCUT2D eigenvalue weighted by atomic mass is 10.2. The number of benzene rings is 1. The molecule has 6 heteroatoms. The molecule has 0 unspecified atom stereocenters. The lowest BCUT2D eigenvalue weighted by Crippen LogP contribution is -2.12. The van der Waals surface area contributed by atoms with Crippen LogP contribution >= 0.6 is 0 Å². The van der Waals surface area contributed by atoms with Crippen LogP contribution in [0.25, 0.3) is 0 Å². The highest BCUT2D eigenvalue weighted by atomic mass is 16.7. The molecule has 0 spiro atoms. The summed E-state index contributed by atoms with van der Waals surface area (Å²) in [7, 11) is 0. The second-order valence-corrected chi connectivity index (χ2v) is 4.33. The molecule has 1 amide bonds. The van der Waals surface area contributed by atoms with E-state index in [0.717, 1.165) is 11.4 Å². The van der Waals surface area contributed by atoms with E-state index in [-0.39, 0.29) is 12.7 Å². The third-order valence-electron chi connectivity index (χ3n) is 3.00. The summed E-state index contributed by atoms with van der Waals surface area (Å²) in [5.74, 6) is 1.05. The quantitative estimate of drug-likeness (QED) is 0.865. The SMILES string of the molecule is Cc1n[nH]c(C)c1NC(=O)c1ccc2c(c1)OCO2. The minimum Gasteiger partial charge on any atom is -0.454 e. The third-order valence-corrected chi connectivity index (χ3v) is 3.00. The average molecular weight is 259 g/mol. The van der Waals surface area contributed by atoms with Crippen molar-refractivity contribution in [1.82, 2.24) is 10.2 Å². The maximum Gasteiger partial charge on any atom is 0.255 e. The van der Waals surface area contributed by atoms with Crippen molar-refractivity contribution in [3.63, 3.8) is 0 Å². The first-order valence-corrected chi connectivity index (χ1v) is 5.87. The molecule has 19 heavy (non-hydrogen) atoms. The average Bonchev–Trinajstić information content (AvgIpc) is 2.99. The number of aryl methyl sites for hydroxylation is 2. The normalized spacial score (nSPS) is 12.5. The van der Waals surface area contributed by atoms with E-state index in [1.54, 1.807) is 18.2 Å². The summed E-state index contributed by atoms with van der Waals surface area (Å²) in [5.41, 5.74) is 2.81. The molecule has 0 atom stereocenters. The first-order chi connectivity index (χ1) is 9.15. The Morgan fingerprint density at radius 3 is 2.84 bits per heavy atom. The van der Waals surface area contributed by atoms with Gasteiger partial charge in [-0.3, -0.25) is 9.89 Å². The van der Waals surface area contributed by atoms with Crippen molar-refractivity contribution in [2.75, 3.05) is 12.1 Å². The fraction of sp³-hybridized carbons (Fsp3) is 0.231. The Bertz CT molecular complexity index is 629. The summed E-state index contributed by atoms with van der Waals surface area (Å²) in [6.07, 6.45) is 0. The van der Waals surface area contributed by atoms with Gasteiger partial charge in [-0.25, -0.2) is 0 Å². The molecule has 0 bridgehead atoms. The number of ether oxygens (including phenoxy) is 2. The highest BCUT2D eigenvalue weighted by Gasteiger charge is 2.17. The fourth-order valence-electron chi connectivity index (χ4n) is 1.96. The Labute approximate surface area is 109 Å². The minimum absolute atomic E-state index is 0.195. The van der Waals surface area contributed by atoms with Gasteiger partial charge in [-0.05, 0) is 32.0 Å². The van der Waals surface area contributed by atoms with E-state index in [0.29, 0.717) is 22.7 Å². The van der Waals surface area contributed by atoms with Crippen LogP contribution in [0.4, 0.5) is 5.69 Å². The van der Waals surface area contributed by atoms with E-state index in [1.165, 1.54) is 0 Å². The van der Waals surface area contributed by atoms with Gasteiger partial charge >= 0.3 is 0 Å². The van der Waals surface area contributed by atoms with Crippen LogP contribution < -0.4 is 14.8 Å². The Morgan fingerprint density at radius 2 is 2.11 bits per heavy atom. The van der Waals surface area contributed by atoms with Gasteiger partial charge < -0.3 is 14.8 Å². The summed E-state index contributed by atoms with van der Waals surface area (Å²) < 4.78 is 10.5. The molecule has 1 aromatic carbocycles. The van der Waals surface area contributed by atoms with Crippen LogP contribution in [0.5, 0.6) is 11.5 Å². The first kappa shape index (κ1) is 11.6. The van der Waals surface area contributed by atoms with Crippen molar-refractivity contribution >= 4 is 11.6 Å². The molecule has 0 saturated carbocycles. The molecular weight excluding hydrogens is 246 g/mol. The predicted octanol–water partition coefficient (Wildman–Crippen LogP) is 2.01. The van der Waals surface area contributed by atoms with Crippen LogP contribution in [0, 0.1) is 13.8 Å². The maximum absolute atomic E-state index is 12.2. The summed E-state index contributed by atoms with van der Waals surface area (Å²) >= 11 is 0. The van der Waals surface area contributed by atoms with Crippen LogP contribution in [0.2, 0.25) is 0 Å². The summed E-state index contributed by atoms with van der Waals surface area (Å²) in [4.78, 5) is 12.2. The smallest absolute Gasteiger partial charge is 0.255 e. The maximum atomic E-state index is 12.2. The number of fused-ring (bicyclic) bond motifs is 1. The topological polar surface area (TPSA) is 76.2 Å². The van der Waals surface area contributed by atoms with Gasteiger partial charge in [0.2, 0.25) is 6.79 Å². The number of rotatable bonds is 2. The number of anilines is 1. The van der Waals surface area contributed by atoms with Crippen molar-refractivity contribution in [2.45, 2.75) is 13.8 Å².